The third-order valence-electron chi connectivity index (χ3n) is 3.62. The summed E-state index contributed by atoms with van der Waals surface area (Å²) in [5, 5.41) is 4.64. The fourth-order valence-electron chi connectivity index (χ4n) is 1.90. The van der Waals surface area contributed by atoms with E-state index in [0.717, 1.165) is 13.1 Å². The zero-order valence-electron chi connectivity index (χ0n) is 11.4. The van der Waals surface area contributed by atoms with Crippen LogP contribution in [0.3, 0.4) is 0 Å². The summed E-state index contributed by atoms with van der Waals surface area (Å²) in [6.07, 6.45) is 7.23. The van der Waals surface area contributed by atoms with Crippen LogP contribution in [0.1, 0.15) is 39.5 Å². The smallest absolute Gasteiger partial charge is 0.156 e. The quantitative estimate of drug-likeness (QED) is 0.718. The maximum atomic E-state index is 4.71. The summed E-state index contributed by atoms with van der Waals surface area (Å²) in [6, 6.07) is 0. The number of hydrogen-bond donors (Lipinski definition) is 1. The molecule has 17 heavy (non-hydrogen) atoms. The zero-order chi connectivity index (χ0) is 12.6. The van der Waals surface area contributed by atoms with Gasteiger partial charge in [0.25, 0.3) is 0 Å². The summed E-state index contributed by atoms with van der Waals surface area (Å²) < 4.78 is 0. The summed E-state index contributed by atoms with van der Waals surface area (Å²) in [5.41, 5.74) is 0.467. The van der Waals surface area contributed by atoms with Crippen molar-refractivity contribution in [2.24, 2.45) is 10.4 Å². The van der Waals surface area contributed by atoms with Gasteiger partial charge in [-0.2, -0.15) is 11.8 Å². The lowest BCUT2D eigenvalue weighted by Crippen LogP contribution is -2.34. The van der Waals surface area contributed by atoms with Gasteiger partial charge in [-0.1, -0.05) is 25.6 Å². The molecule has 2 nitrogen and oxygen atoms in total. The first-order valence-corrected chi connectivity index (χ1v) is 9.04. The van der Waals surface area contributed by atoms with Gasteiger partial charge in [0, 0.05) is 18.8 Å². The van der Waals surface area contributed by atoms with E-state index in [0.29, 0.717) is 5.41 Å². The molecule has 0 amide bonds. The molecule has 0 radical (unpaired) electrons. The molecule has 0 bridgehead atoms. The third kappa shape index (κ3) is 5.12. The van der Waals surface area contributed by atoms with Gasteiger partial charge in [0.2, 0.25) is 0 Å². The highest BCUT2D eigenvalue weighted by molar-refractivity contribution is 8.13. The monoisotopic (exact) mass is 274 g/mol. The van der Waals surface area contributed by atoms with Crippen LogP contribution in [0.5, 0.6) is 0 Å². The van der Waals surface area contributed by atoms with E-state index in [-0.39, 0.29) is 0 Å². The van der Waals surface area contributed by atoms with Crippen LogP contribution in [0.15, 0.2) is 4.99 Å². The van der Waals surface area contributed by atoms with Gasteiger partial charge < -0.3 is 5.32 Å². The molecule has 0 saturated heterocycles. The lowest BCUT2D eigenvalue weighted by molar-refractivity contribution is 0.318. The van der Waals surface area contributed by atoms with Gasteiger partial charge in [0.15, 0.2) is 5.17 Å². The highest BCUT2D eigenvalue weighted by Gasteiger charge is 2.29. The second-order valence-electron chi connectivity index (χ2n) is 4.74. The van der Waals surface area contributed by atoms with Gasteiger partial charge in [-0.3, -0.25) is 4.99 Å². The van der Waals surface area contributed by atoms with Crippen LogP contribution in [0.2, 0.25) is 0 Å². The van der Waals surface area contributed by atoms with Crippen molar-refractivity contribution in [2.45, 2.75) is 39.5 Å². The Hall–Kier alpha value is 0.170. The van der Waals surface area contributed by atoms with Gasteiger partial charge in [0.1, 0.15) is 0 Å². The summed E-state index contributed by atoms with van der Waals surface area (Å²) in [5.74, 6) is 2.51. The lowest BCUT2D eigenvalue weighted by atomic mass is 9.84. The zero-order valence-corrected chi connectivity index (χ0v) is 13.1. The largest absolute Gasteiger partial charge is 0.365 e. The van der Waals surface area contributed by atoms with Crippen LogP contribution in [-0.4, -0.2) is 36.0 Å². The van der Waals surface area contributed by atoms with Crippen molar-refractivity contribution >= 4 is 28.7 Å². The Balaban J connectivity index is 2.22. The Morgan fingerprint density at radius 3 is 2.65 bits per heavy atom. The topological polar surface area (TPSA) is 24.4 Å². The standard InChI is InChI=1S/C13H26N2S2/c1-4-13(5-2)10-15-12(17-11-13)14-8-6-7-9-16-3/h4-11H2,1-3H3,(H,14,15). The predicted molar refractivity (Wildman–Crippen MR) is 83.4 cm³/mol. The predicted octanol–water partition coefficient (Wildman–Crippen LogP) is 3.63. The Morgan fingerprint density at radius 1 is 1.35 bits per heavy atom. The number of rotatable bonds is 7. The van der Waals surface area contributed by atoms with Crippen LogP contribution in [0.25, 0.3) is 0 Å². The number of amidine groups is 1. The molecule has 0 spiro atoms. The first-order chi connectivity index (χ1) is 8.26. The first-order valence-electron chi connectivity index (χ1n) is 6.66. The molecular weight excluding hydrogens is 248 g/mol. The Bertz CT molecular complexity index is 238. The van der Waals surface area contributed by atoms with E-state index in [1.54, 1.807) is 0 Å². The van der Waals surface area contributed by atoms with Crippen molar-refractivity contribution in [1.82, 2.24) is 5.32 Å². The van der Waals surface area contributed by atoms with Gasteiger partial charge in [-0.25, -0.2) is 0 Å². The van der Waals surface area contributed by atoms with E-state index >= 15 is 0 Å². The number of thioether (sulfide) groups is 2. The molecule has 0 aromatic carbocycles. The molecule has 100 valence electrons. The maximum absolute atomic E-state index is 4.71. The molecule has 0 aliphatic carbocycles. The molecule has 1 N–H and O–H groups in total. The number of aliphatic imine (C=N–C) groups is 1. The number of hydrogen-bond acceptors (Lipinski definition) is 4. The van der Waals surface area contributed by atoms with Crippen molar-refractivity contribution in [3.63, 3.8) is 0 Å². The molecule has 1 rings (SSSR count). The molecule has 0 aromatic rings. The number of unbranched alkanes of at least 4 members (excludes halogenated alkanes) is 1. The van der Waals surface area contributed by atoms with Crippen LogP contribution in [-0.2, 0) is 0 Å². The summed E-state index contributed by atoms with van der Waals surface area (Å²) in [4.78, 5) is 4.71. The SMILES string of the molecule is CCC1(CC)CN=C(NCCCCSC)SC1. The van der Waals surface area contributed by atoms with Gasteiger partial charge >= 0.3 is 0 Å². The minimum atomic E-state index is 0.467. The molecule has 0 saturated carbocycles. The molecule has 0 fully saturated rings. The van der Waals surface area contributed by atoms with Crippen molar-refractivity contribution in [1.29, 1.82) is 0 Å². The lowest BCUT2D eigenvalue weighted by Gasteiger charge is -2.33. The number of nitrogens with zero attached hydrogens (tertiary/aromatic N) is 1. The minimum Gasteiger partial charge on any atom is -0.365 e. The normalized spacial score (nSPS) is 18.9. The van der Waals surface area contributed by atoms with E-state index in [1.807, 2.05) is 23.5 Å². The van der Waals surface area contributed by atoms with E-state index in [1.165, 1.54) is 42.4 Å². The molecule has 4 heteroatoms. The van der Waals surface area contributed by atoms with Crippen molar-refractivity contribution in [3.8, 4) is 0 Å². The van der Waals surface area contributed by atoms with Crippen molar-refractivity contribution < 1.29 is 0 Å². The first kappa shape index (κ1) is 15.2. The fourth-order valence-corrected chi connectivity index (χ4v) is 3.70. The van der Waals surface area contributed by atoms with Gasteiger partial charge in [-0.15, -0.1) is 0 Å². The summed E-state index contributed by atoms with van der Waals surface area (Å²) in [6.45, 7) is 6.68. The number of nitrogens with one attached hydrogen (secondary N) is 1. The molecule has 1 heterocycles. The summed E-state index contributed by atoms with van der Waals surface area (Å²) in [7, 11) is 0. The van der Waals surface area contributed by atoms with Crippen LogP contribution in [0.4, 0.5) is 0 Å². The molecule has 0 unspecified atom stereocenters. The van der Waals surface area contributed by atoms with Gasteiger partial charge in [-0.05, 0) is 43.1 Å². The second kappa shape index (κ2) is 8.30. The average molecular weight is 274 g/mol. The van der Waals surface area contributed by atoms with Crippen LogP contribution < -0.4 is 5.32 Å². The van der Waals surface area contributed by atoms with Crippen molar-refractivity contribution in [2.75, 3.05) is 30.9 Å². The van der Waals surface area contributed by atoms with Crippen molar-refractivity contribution in [3.05, 3.63) is 0 Å². The molecular formula is C13H26N2S2. The highest BCUT2D eigenvalue weighted by Crippen LogP contribution is 2.34. The van der Waals surface area contributed by atoms with E-state index < -0.39 is 0 Å². The Labute approximate surface area is 115 Å². The average Bonchev–Trinajstić information content (AvgIpc) is 2.39. The third-order valence-corrected chi connectivity index (χ3v) is 5.63. The second-order valence-corrected chi connectivity index (χ2v) is 6.69. The van der Waals surface area contributed by atoms with Gasteiger partial charge in [0.05, 0.1) is 0 Å². The Morgan fingerprint density at radius 2 is 2.12 bits per heavy atom. The molecule has 1 aliphatic rings. The minimum absolute atomic E-state index is 0.467. The highest BCUT2D eigenvalue weighted by atomic mass is 32.2. The van der Waals surface area contributed by atoms with Crippen LogP contribution >= 0.6 is 23.5 Å². The molecule has 0 atom stereocenters. The van der Waals surface area contributed by atoms with E-state index in [2.05, 4.69) is 25.4 Å². The van der Waals surface area contributed by atoms with Crippen LogP contribution in [0, 0.1) is 5.41 Å². The molecule has 0 aromatic heterocycles. The fraction of sp³-hybridized carbons (Fsp3) is 0.923. The van der Waals surface area contributed by atoms with E-state index in [4.69, 9.17) is 4.99 Å². The summed E-state index contributed by atoms with van der Waals surface area (Å²) >= 11 is 3.85. The molecule has 1 aliphatic heterocycles. The Kier molecular flexibility index (Phi) is 7.44. The maximum Gasteiger partial charge on any atom is 0.156 e. The van der Waals surface area contributed by atoms with E-state index in [9.17, 15) is 0 Å².